The minimum absolute atomic E-state index is 0.142. The lowest BCUT2D eigenvalue weighted by atomic mass is 10.0. The van der Waals surface area contributed by atoms with Crippen molar-refractivity contribution < 1.29 is 0 Å². The van der Waals surface area contributed by atoms with Gasteiger partial charge in [0, 0.05) is 28.3 Å². The Balaban J connectivity index is 1.89. The lowest BCUT2D eigenvalue weighted by Crippen LogP contribution is -2.33. The SMILES string of the molecule is CN1c2cccc3cccc(c23)NC1c1cccc(Br)c1. The van der Waals surface area contributed by atoms with Crippen molar-refractivity contribution in [3.8, 4) is 0 Å². The van der Waals surface area contributed by atoms with Gasteiger partial charge in [0.05, 0.1) is 0 Å². The van der Waals surface area contributed by atoms with Crippen LogP contribution in [-0.2, 0) is 0 Å². The van der Waals surface area contributed by atoms with Gasteiger partial charge >= 0.3 is 0 Å². The number of halogens is 1. The second kappa shape index (κ2) is 4.78. The molecular weight excluding hydrogens is 324 g/mol. The molecule has 1 aliphatic heterocycles. The highest BCUT2D eigenvalue weighted by Gasteiger charge is 2.25. The Bertz CT molecular complexity index is 823. The highest BCUT2D eigenvalue weighted by atomic mass is 79.9. The molecule has 1 atom stereocenters. The Morgan fingerprint density at radius 3 is 2.57 bits per heavy atom. The maximum Gasteiger partial charge on any atom is 0.125 e. The normalized spacial score (nSPS) is 16.9. The topological polar surface area (TPSA) is 15.3 Å². The van der Waals surface area contributed by atoms with Gasteiger partial charge in [-0.1, -0.05) is 52.3 Å². The summed E-state index contributed by atoms with van der Waals surface area (Å²) < 4.78 is 1.10. The van der Waals surface area contributed by atoms with Crippen LogP contribution in [0, 0.1) is 0 Å². The zero-order chi connectivity index (χ0) is 14.4. The average Bonchev–Trinajstić information content (AvgIpc) is 2.51. The molecule has 3 aromatic rings. The van der Waals surface area contributed by atoms with Crippen LogP contribution in [-0.4, -0.2) is 7.05 Å². The second-order valence-electron chi connectivity index (χ2n) is 5.39. The van der Waals surface area contributed by atoms with Crippen LogP contribution in [0.2, 0.25) is 0 Å². The van der Waals surface area contributed by atoms with Crippen molar-refractivity contribution in [2.75, 3.05) is 17.3 Å². The highest BCUT2D eigenvalue weighted by molar-refractivity contribution is 9.10. The number of hydrogen-bond acceptors (Lipinski definition) is 2. The van der Waals surface area contributed by atoms with Crippen molar-refractivity contribution in [3.63, 3.8) is 0 Å². The summed E-state index contributed by atoms with van der Waals surface area (Å²) in [6, 6.07) is 21.4. The maximum absolute atomic E-state index is 3.66. The molecule has 0 aliphatic carbocycles. The third-order valence-electron chi connectivity index (χ3n) is 4.11. The third kappa shape index (κ3) is 2.00. The van der Waals surface area contributed by atoms with Crippen molar-refractivity contribution in [1.29, 1.82) is 0 Å². The number of anilines is 2. The van der Waals surface area contributed by atoms with Gasteiger partial charge in [0.2, 0.25) is 0 Å². The Morgan fingerprint density at radius 1 is 1.00 bits per heavy atom. The lowest BCUT2D eigenvalue weighted by molar-refractivity contribution is 0.750. The first-order valence-corrected chi connectivity index (χ1v) is 7.80. The first-order valence-electron chi connectivity index (χ1n) is 7.00. The lowest BCUT2D eigenvalue weighted by Gasteiger charge is -2.37. The Labute approximate surface area is 132 Å². The van der Waals surface area contributed by atoms with Gasteiger partial charge in [0.25, 0.3) is 0 Å². The molecule has 0 saturated carbocycles. The van der Waals surface area contributed by atoms with Crippen LogP contribution < -0.4 is 10.2 Å². The Morgan fingerprint density at radius 2 is 1.76 bits per heavy atom. The quantitative estimate of drug-likeness (QED) is 0.659. The molecule has 0 aromatic heterocycles. The summed E-state index contributed by atoms with van der Waals surface area (Å²) in [6.07, 6.45) is 0.142. The van der Waals surface area contributed by atoms with Crippen LogP contribution in [0.25, 0.3) is 10.8 Å². The Hall–Kier alpha value is -2.00. The van der Waals surface area contributed by atoms with Crippen LogP contribution in [0.3, 0.4) is 0 Å². The van der Waals surface area contributed by atoms with Crippen molar-refractivity contribution in [3.05, 3.63) is 70.7 Å². The van der Waals surface area contributed by atoms with E-state index in [1.165, 1.54) is 27.7 Å². The molecule has 0 fully saturated rings. The molecule has 0 amide bonds. The molecule has 3 aromatic carbocycles. The summed E-state index contributed by atoms with van der Waals surface area (Å²) in [5.74, 6) is 0. The predicted molar refractivity (Wildman–Crippen MR) is 92.9 cm³/mol. The molecule has 1 aliphatic rings. The molecule has 3 heteroatoms. The Kier molecular flexibility index (Phi) is 2.89. The summed E-state index contributed by atoms with van der Waals surface area (Å²) in [4.78, 5) is 2.30. The van der Waals surface area contributed by atoms with E-state index in [0.29, 0.717) is 0 Å². The number of hydrogen-bond donors (Lipinski definition) is 1. The van der Waals surface area contributed by atoms with Crippen LogP contribution in [0.15, 0.2) is 65.1 Å². The van der Waals surface area contributed by atoms with E-state index >= 15 is 0 Å². The van der Waals surface area contributed by atoms with E-state index in [1.807, 2.05) is 0 Å². The monoisotopic (exact) mass is 338 g/mol. The standard InChI is InChI=1S/C18H15BrN2/c1-21-16-10-4-6-12-5-3-9-15(17(12)16)20-18(21)13-7-2-8-14(19)11-13/h2-11,18,20H,1H3. The molecule has 2 nitrogen and oxygen atoms in total. The van der Waals surface area contributed by atoms with E-state index < -0.39 is 0 Å². The van der Waals surface area contributed by atoms with E-state index in [1.54, 1.807) is 0 Å². The summed E-state index contributed by atoms with van der Waals surface area (Å²) in [5.41, 5.74) is 3.72. The van der Waals surface area contributed by atoms with Crippen molar-refractivity contribution in [2.24, 2.45) is 0 Å². The number of benzene rings is 3. The number of rotatable bonds is 1. The highest BCUT2D eigenvalue weighted by Crippen LogP contribution is 2.41. The van der Waals surface area contributed by atoms with Crippen LogP contribution in [0.4, 0.5) is 11.4 Å². The number of nitrogens with zero attached hydrogens (tertiary/aromatic N) is 1. The van der Waals surface area contributed by atoms with E-state index in [2.05, 4.69) is 93.9 Å². The minimum Gasteiger partial charge on any atom is -0.361 e. The smallest absolute Gasteiger partial charge is 0.125 e. The first kappa shape index (κ1) is 12.7. The molecule has 1 N–H and O–H groups in total. The molecule has 0 bridgehead atoms. The van der Waals surface area contributed by atoms with Gasteiger partial charge in [0.1, 0.15) is 6.17 Å². The van der Waals surface area contributed by atoms with Gasteiger partial charge in [-0.2, -0.15) is 0 Å². The second-order valence-corrected chi connectivity index (χ2v) is 6.31. The summed E-state index contributed by atoms with van der Waals surface area (Å²) in [5, 5.41) is 6.23. The molecule has 0 radical (unpaired) electrons. The summed E-state index contributed by atoms with van der Waals surface area (Å²) in [7, 11) is 2.14. The van der Waals surface area contributed by atoms with E-state index in [4.69, 9.17) is 0 Å². The molecule has 1 heterocycles. The minimum atomic E-state index is 0.142. The molecule has 0 saturated heterocycles. The van der Waals surface area contributed by atoms with Crippen molar-refractivity contribution in [2.45, 2.75) is 6.17 Å². The van der Waals surface area contributed by atoms with Gasteiger partial charge in [-0.15, -0.1) is 0 Å². The fraction of sp³-hybridized carbons (Fsp3) is 0.111. The third-order valence-corrected chi connectivity index (χ3v) is 4.60. The van der Waals surface area contributed by atoms with Crippen molar-refractivity contribution in [1.82, 2.24) is 0 Å². The fourth-order valence-electron chi connectivity index (χ4n) is 3.10. The van der Waals surface area contributed by atoms with Crippen molar-refractivity contribution >= 4 is 38.1 Å². The van der Waals surface area contributed by atoms with Gasteiger partial charge < -0.3 is 10.2 Å². The molecule has 1 unspecified atom stereocenters. The van der Waals surface area contributed by atoms with Crippen LogP contribution >= 0.6 is 15.9 Å². The molecular formula is C18H15BrN2. The maximum atomic E-state index is 3.66. The van der Waals surface area contributed by atoms with Gasteiger partial charge in [0.15, 0.2) is 0 Å². The average molecular weight is 339 g/mol. The van der Waals surface area contributed by atoms with Crippen LogP contribution in [0.1, 0.15) is 11.7 Å². The zero-order valence-corrected chi connectivity index (χ0v) is 13.3. The molecule has 21 heavy (non-hydrogen) atoms. The largest absolute Gasteiger partial charge is 0.361 e. The first-order chi connectivity index (χ1) is 10.2. The summed E-state index contributed by atoms with van der Waals surface area (Å²) >= 11 is 3.56. The van der Waals surface area contributed by atoms with Gasteiger partial charge in [-0.05, 0) is 35.2 Å². The fourth-order valence-corrected chi connectivity index (χ4v) is 3.52. The molecule has 0 spiro atoms. The van der Waals surface area contributed by atoms with Crippen LogP contribution in [0.5, 0.6) is 0 Å². The number of nitrogens with one attached hydrogen (secondary N) is 1. The molecule has 104 valence electrons. The van der Waals surface area contributed by atoms with Gasteiger partial charge in [-0.3, -0.25) is 0 Å². The van der Waals surface area contributed by atoms with E-state index in [0.717, 1.165) is 4.47 Å². The van der Waals surface area contributed by atoms with E-state index in [-0.39, 0.29) is 6.17 Å². The summed E-state index contributed by atoms with van der Waals surface area (Å²) in [6.45, 7) is 0. The van der Waals surface area contributed by atoms with E-state index in [9.17, 15) is 0 Å². The van der Waals surface area contributed by atoms with Gasteiger partial charge in [-0.25, -0.2) is 0 Å². The predicted octanol–water partition coefficient (Wildman–Crippen LogP) is 5.16. The molecule has 4 rings (SSSR count). The zero-order valence-electron chi connectivity index (χ0n) is 11.7.